The fourth-order valence-corrected chi connectivity index (χ4v) is 2.58. The molecular formula is C14H15N3S. The van der Waals surface area contributed by atoms with Gasteiger partial charge in [0.25, 0.3) is 0 Å². The molecule has 0 bridgehead atoms. The summed E-state index contributed by atoms with van der Waals surface area (Å²) in [7, 11) is 0. The van der Waals surface area contributed by atoms with E-state index in [9.17, 15) is 0 Å². The lowest BCUT2D eigenvalue weighted by molar-refractivity contribution is 1.25. The lowest BCUT2D eigenvalue weighted by atomic mass is 10.1. The Kier molecular flexibility index (Phi) is 3.99. The monoisotopic (exact) mass is 257 g/mol. The predicted octanol–water partition coefficient (Wildman–Crippen LogP) is 2.97. The molecule has 2 aromatic rings. The van der Waals surface area contributed by atoms with E-state index in [0.29, 0.717) is 0 Å². The number of hydrogen-bond donors (Lipinski definition) is 2. The first-order valence-electron chi connectivity index (χ1n) is 5.63. The van der Waals surface area contributed by atoms with Crippen molar-refractivity contribution in [1.82, 2.24) is 4.98 Å². The molecule has 3 nitrogen and oxygen atoms in total. The molecule has 4 heteroatoms. The van der Waals surface area contributed by atoms with Crippen LogP contribution in [-0.4, -0.2) is 10.8 Å². The number of pyridine rings is 1. The van der Waals surface area contributed by atoms with E-state index in [2.05, 4.69) is 11.9 Å². The van der Waals surface area contributed by atoms with Crippen molar-refractivity contribution in [2.45, 2.75) is 17.6 Å². The zero-order valence-electron chi connectivity index (χ0n) is 10.2. The van der Waals surface area contributed by atoms with E-state index in [0.717, 1.165) is 11.3 Å². The van der Waals surface area contributed by atoms with Gasteiger partial charge in [0.15, 0.2) is 0 Å². The van der Waals surface area contributed by atoms with Crippen LogP contribution in [0.25, 0.3) is 0 Å². The molecule has 92 valence electrons. The third kappa shape index (κ3) is 3.11. The van der Waals surface area contributed by atoms with Crippen LogP contribution in [0.1, 0.15) is 16.7 Å². The summed E-state index contributed by atoms with van der Waals surface area (Å²) < 4.78 is 0. The van der Waals surface area contributed by atoms with Crippen LogP contribution in [0.3, 0.4) is 0 Å². The van der Waals surface area contributed by atoms with Gasteiger partial charge < -0.3 is 5.73 Å². The summed E-state index contributed by atoms with van der Waals surface area (Å²) in [5.41, 5.74) is 8.69. The first-order chi connectivity index (χ1) is 8.66. The summed E-state index contributed by atoms with van der Waals surface area (Å²) in [5, 5.41) is 7.40. The van der Waals surface area contributed by atoms with Crippen molar-refractivity contribution in [1.29, 1.82) is 5.41 Å². The Balaban J connectivity index is 2.08. The Morgan fingerprint density at radius 1 is 1.28 bits per heavy atom. The maximum absolute atomic E-state index is 7.40. The number of nitrogens with two attached hydrogens (primary N) is 1. The van der Waals surface area contributed by atoms with Gasteiger partial charge in [-0.25, -0.2) is 0 Å². The summed E-state index contributed by atoms with van der Waals surface area (Å²) in [4.78, 5) is 5.21. The highest BCUT2D eigenvalue weighted by Crippen LogP contribution is 2.24. The minimum atomic E-state index is 0.117. The lowest BCUT2D eigenvalue weighted by Gasteiger charge is -2.07. The lowest BCUT2D eigenvalue weighted by Crippen LogP contribution is -2.11. The van der Waals surface area contributed by atoms with Crippen LogP contribution in [0.4, 0.5) is 0 Å². The maximum Gasteiger partial charge on any atom is 0.122 e. The second kappa shape index (κ2) is 5.69. The summed E-state index contributed by atoms with van der Waals surface area (Å²) >= 11 is 1.78. The molecule has 0 atom stereocenters. The van der Waals surface area contributed by atoms with Gasteiger partial charge in [0.2, 0.25) is 0 Å². The molecule has 1 aromatic carbocycles. The van der Waals surface area contributed by atoms with E-state index < -0.39 is 0 Å². The predicted molar refractivity (Wildman–Crippen MR) is 76.0 cm³/mol. The van der Waals surface area contributed by atoms with Crippen LogP contribution in [0.5, 0.6) is 0 Å². The van der Waals surface area contributed by atoms with Crippen LogP contribution in [0.15, 0.2) is 47.6 Å². The number of thioether (sulfide) groups is 1. The maximum atomic E-state index is 7.40. The highest BCUT2D eigenvalue weighted by molar-refractivity contribution is 7.98. The third-order valence-corrected chi connectivity index (χ3v) is 3.76. The molecule has 0 amide bonds. The molecule has 0 fully saturated rings. The number of aromatic nitrogens is 1. The molecule has 3 N–H and O–H groups in total. The van der Waals surface area contributed by atoms with Crippen molar-refractivity contribution in [3.63, 3.8) is 0 Å². The van der Waals surface area contributed by atoms with Gasteiger partial charge in [0, 0.05) is 28.6 Å². The Bertz CT molecular complexity index is 552. The Labute approximate surface area is 111 Å². The fraction of sp³-hybridized carbons (Fsp3) is 0.143. The first-order valence-corrected chi connectivity index (χ1v) is 6.62. The minimum Gasteiger partial charge on any atom is -0.384 e. The number of amidine groups is 1. The Morgan fingerprint density at radius 3 is 2.61 bits per heavy atom. The Morgan fingerprint density at radius 2 is 2.00 bits per heavy atom. The Hall–Kier alpha value is -1.81. The van der Waals surface area contributed by atoms with E-state index in [4.69, 9.17) is 11.1 Å². The quantitative estimate of drug-likeness (QED) is 0.503. The molecule has 2 rings (SSSR count). The summed E-state index contributed by atoms with van der Waals surface area (Å²) in [6.07, 6.45) is 3.60. The van der Waals surface area contributed by atoms with Gasteiger partial charge >= 0.3 is 0 Å². The van der Waals surface area contributed by atoms with Gasteiger partial charge in [-0.1, -0.05) is 12.1 Å². The van der Waals surface area contributed by atoms with Crippen LogP contribution >= 0.6 is 11.8 Å². The highest BCUT2D eigenvalue weighted by Gasteiger charge is 2.03. The molecule has 0 unspecified atom stereocenters. The molecule has 0 aliphatic carbocycles. The van der Waals surface area contributed by atoms with Crippen molar-refractivity contribution in [3.8, 4) is 0 Å². The highest BCUT2D eigenvalue weighted by atomic mass is 32.2. The summed E-state index contributed by atoms with van der Waals surface area (Å²) in [6.45, 7) is 2.05. The number of benzene rings is 1. The van der Waals surface area contributed by atoms with Crippen LogP contribution in [0, 0.1) is 12.3 Å². The number of nitrogen functional groups attached to an aromatic ring is 1. The normalized spacial score (nSPS) is 10.3. The second-order valence-electron chi connectivity index (χ2n) is 4.03. The molecular weight excluding hydrogens is 242 g/mol. The average Bonchev–Trinajstić information content (AvgIpc) is 2.38. The largest absolute Gasteiger partial charge is 0.384 e. The SMILES string of the molecule is Cc1cc(C(=N)N)ccc1CSc1ccncc1. The molecule has 0 spiro atoms. The van der Waals surface area contributed by atoms with Crippen LogP contribution in [0.2, 0.25) is 0 Å². The number of nitrogens with zero attached hydrogens (tertiary/aromatic N) is 1. The molecule has 0 aliphatic rings. The first kappa shape index (κ1) is 12.6. The van der Waals surface area contributed by atoms with Gasteiger partial charge in [-0.2, -0.15) is 0 Å². The van der Waals surface area contributed by atoms with E-state index in [1.54, 1.807) is 24.2 Å². The van der Waals surface area contributed by atoms with Crippen molar-refractivity contribution in [2.75, 3.05) is 0 Å². The van der Waals surface area contributed by atoms with E-state index in [-0.39, 0.29) is 5.84 Å². The van der Waals surface area contributed by atoms with Gasteiger partial charge in [-0.15, -0.1) is 11.8 Å². The molecule has 0 saturated carbocycles. The molecule has 0 aliphatic heterocycles. The van der Waals surface area contributed by atoms with Gasteiger partial charge in [-0.3, -0.25) is 10.4 Å². The smallest absolute Gasteiger partial charge is 0.122 e. The minimum absolute atomic E-state index is 0.117. The topological polar surface area (TPSA) is 62.8 Å². The van der Waals surface area contributed by atoms with Crippen molar-refractivity contribution >= 4 is 17.6 Å². The van der Waals surface area contributed by atoms with E-state index >= 15 is 0 Å². The summed E-state index contributed by atoms with van der Waals surface area (Å²) in [6, 6.07) is 9.91. The molecule has 1 heterocycles. The molecule has 1 aromatic heterocycles. The molecule has 0 radical (unpaired) electrons. The standard InChI is InChI=1S/C14H15N3S/c1-10-8-11(14(15)16)2-3-12(10)9-18-13-4-6-17-7-5-13/h2-8H,9H2,1H3,(H3,15,16). The number of hydrogen-bond acceptors (Lipinski definition) is 3. The molecule has 0 saturated heterocycles. The van der Waals surface area contributed by atoms with E-state index in [1.165, 1.54) is 16.0 Å². The number of nitrogens with one attached hydrogen (secondary N) is 1. The summed E-state index contributed by atoms with van der Waals surface area (Å²) in [5.74, 6) is 1.03. The van der Waals surface area contributed by atoms with Gasteiger partial charge in [-0.05, 0) is 36.2 Å². The van der Waals surface area contributed by atoms with Gasteiger partial charge in [0.05, 0.1) is 0 Å². The molecule has 18 heavy (non-hydrogen) atoms. The zero-order valence-corrected chi connectivity index (χ0v) is 11.0. The van der Waals surface area contributed by atoms with Gasteiger partial charge in [0.1, 0.15) is 5.84 Å². The van der Waals surface area contributed by atoms with Crippen molar-refractivity contribution < 1.29 is 0 Å². The average molecular weight is 257 g/mol. The van der Waals surface area contributed by atoms with Crippen LogP contribution < -0.4 is 5.73 Å². The second-order valence-corrected chi connectivity index (χ2v) is 5.08. The number of rotatable bonds is 4. The zero-order chi connectivity index (χ0) is 13.0. The van der Waals surface area contributed by atoms with E-state index in [1.807, 2.05) is 30.3 Å². The van der Waals surface area contributed by atoms with Crippen molar-refractivity contribution in [2.24, 2.45) is 5.73 Å². The third-order valence-electron chi connectivity index (χ3n) is 2.70. The number of aryl methyl sites for hydroxylation is 1. The van der Waals surface area contributed by atoms with Crippen LogP contribution in [-0.2, 0) is 5.75 Å². The van der Waals surface area contributed by atoms with Crippen molar-refractivity contribution in [3.05, 3.63) is 59.4 Å². The fourth-order valence-electron chi connectivity index (χ4n) is 1.62.